The van der Waals surface area contributed by atoms with Gasteiger partial charge in [-0.15, -0.1) is 12.4 Å². The Morgan fingerprint density at radius 1 is 0.920 bits per heavy atom. The van der Waals surface area contributed by atoms with Gasteiger partial charge in [0.05, 0.1) is 0 Å². The van der Waals surface area contributed by atoms with Gasteiger partial charge in [0.15, 0.2) is 0 Å². The van der Waals surface area contributed by atoms with E-state index in [1.165, 1.54) is 0 Å². The van der Waals surface area contributed by atoms with Crippen LogP contribution in [-0.2, 0) is 0 Å². The lowest BCUT2D eigenvalue weighted by molar-refractivity contribution is 0.102. The first-order valence-corrected chi connectivity index (χ1v) is 8.08. The topological polar surface area (TPSA) is 94.0 Å². The number of anilines is 3. The van der Waals surface area contributed by atoms with Crippen molar-refractivity contribution < 1.29 is 4.79 Å². The lowest BCUT2D eigenvalue weighted by Gasteiger charge is -2.07. The van der Waals surface area contributed by atoms with Crippen LogP contribution in [0.3, 0.4) is 0 Å². The third-order valence-electron chi connectivity index (χ3n) is 3.27. The Labute approximate surface area is 156 Å². The zero-order valence-electron chi connectivity index (χ0n) is 13.2. The molecule has 128 valence electrons. The van der Waals surface area contributed by atoms with Gasteiger partial charge in [0, 0.05) is 32.9 Å². The van der Waals surface area contributed by atoms with Crippen LogP contribution in [0.25, 0.3) is 0 Å². The number of amides is 1. The molecule has 0 radical (unpaired) electrons. The van der Waals surface area contributed by atoms with Crippen LogP contribution in [0.15, 0.2) is 76.7 Å². The summed E-state index contributed by atoms with van der Waals surface area (Å²) in [6.45, 7) is 0. The Bertz CT molecular complexity index is 854. The van der Waals surface area contributed by atoms with E-state index in [0.29, 0.717) is 17.1 Å². The van der Waals surface area contributed by atoms with Gasteiger partial charge in [0.2, 0.25) is 0 Å². The number of benzene rings is 2. The fourth-order valence-electron chi connectivity index (χ4n) is 2.07. The van der Waals surface area contributed by atoms with E-state index in [4.69, 9.17) is 11.5 Å². The van der Waals surface area contributed by atoms with Gasteiger partial charge in [-0.1, -0.05) is 11.8 Å². The van der Waals surface area contributed by atoms with Crippen molar-refractivity contribution in [1.82, 2.24) is 4.98 Å². The van der Waals surface area contributed by atoms with E-state index in [9.17, 15) is 4.79 Å². The third-order valence-corrected chi connectivity index (χ3v) is 4.27. The van der Waals surface area contributed by atoms with Crippen LogP contribution in [0, 0.1) is 0 Å². The summed E-state index contributed by atoms with van der Waals surface area (Å²) in [7, 11) is 0. The highest BCUT2D eigenvalue weighted by atomic mass is 35.5. The minimum Gasteiger partial charge on any atom is -0.399 e. The molecule has 0 unspecified atom stereocenters. The summed E-state index contributed by atoms with van der Waals surface area (Å²) in [5.74, 6) is 0.324. The summed E-state index contributed by atoms with van der Waals surface area (Å²) < 4.78 is 0. The number of hydrogen-bond acceptors (Lipinski definition) is 5. The Hall–Kier alpha value is -2.70. The molecule has 0 aliphatic carbocycles. The second kappa shape index (κ2) is 8.41. The zero-order chi connectivity index (χ0) is 16.9. The zero-order valence-corrected chi connectivity index (χ0v) is 14.8. The maximum Gasteiger partial charge on any atom is 0.255 e. The van der Waals surface area contributed by atoms with Crippen LogP contribution >= 0.6 is 24.2 Å². The Morgan fingerprint density at radius 3 is 2.24 bits per heavy atom. The number of pyridine rings is 1. The Balaban J connectivity index is 0.00000225. The predicted molar refractivity (Wildman–Crippen MR) is 105 cm³/mol. The fraction of sp³-hybridized carbons (Fsp3) is 0. The maximum absolute atomic E-state index is 12.2. The molecule has 25 heavy (non-hydrogen) atoms. The van der Waals surface area contributed by atoms with Crippen molar-refractivity contribution in [2.45, 2.75) is 9.79 Å². The number of nitrogens with zero attached hydrogens (tertiary/aromatic N) is 1. The molecule has 0 spiro atoms. The van der Waals surface area contributed by atoms with Crippen molar-refractivity contribution in [3.8, 4) is 0 Å². The molecule has 0 saturated carbocycles. The minimum atomic E-state index is -0.169. The van der Waals surface area contributed by atoms with Crippen LogP contribution in [0.1, 0.15) is 10.4 Å². The molecule has 1 amide bonds. The maximum atomic E-state index is 12.2. The van der Waals surface area contributed by atoms with E-state index in [0.717, 1.165) is 15.5 Å². The number of nitrogens with two attached hydrogens (primary N) is 2. The first kappa shape index (κ1) is 18.6. The highest BCUT2D eigenvalue weighted by molar-refractivity contribution is 7.99. The molecule has 1 heterocycles. The fourth-order valence-corrected chi connectivity index (χ4v) is 2.92. The molecular weight excluding hydrogens is 356 g/mol. The second-order valence-corrected chi connectivity index (χ2v) is 6.27. The molecular formula is C18H17ClN4OS. The number of carbonyl (C=O) groups excluding carboxylic acids is 1. The van der Waals surface area contributed by atoms with Crippen molar-refractivity contribution >= 4 is 47.3 Å². The average Bonchev–Trinajstić information content (AvgIpc) is 2.57. The molecule has 3 aromatic rings. The third kappa shape index (κ3) is 5.14. The summed E-state index contributed by atoms with van der Waals surface area (Å²) in [6, 6.07) is 18.1. The average molecular weight is 373 g/mol. The van der Waals surface area contributed by atoms with Crippen molar-refractivity contribution in [2.24, 2.45) is 0 Å². The monoisotopic (exact) mass is 372 g/mol. The molecule has 0 saturated heterocycles. The molecule has 7 heteroatoms. The van der Waals surface area contributed by atoms with E-state index >= 15 is 0 Å². The summed E-state index contributed by atoms with van der Waals surface area (Å²) in [6.07, 6.45) is 1.68. The summed E-state index contributed by atoms with van der Waals surface area (Å²) in [5.41, 5.74) is 13.2. The highest BCUT2D eigenvalue weighted by Gasteiger charge is 2.06. The minimum absolute atomic E-state index is 0. The lowest BCUT2D eigenvalue weighted by Crippen LogP contribution is -2.11. The van der Waals surface area contributed by atoms with Gasteiger partial charge in [0.25, 0.3) is 5.91 Å². The molecule has 5 N–H and O–H groups in total. The number of hydrogen-bond donors (Lipinski definition) is 3. The van der Waals surface area contributed by atoms with Crippen LogP contribution in [-0.4, -0.2) is 10.9 Å². The van der Waals surface area contributed by atoms with Gasteiger partial charge in [-0.2, -0.15) is 0 Å². The van der Waals surface area contributed by atoms with Gasteiger partial charge >= 0.3 is 0 Å². The first-order valence-electron chi connectivity index (χ1n) is 7.26. The SMILES string of the molecule is Cl.Nc1ccc(C(=O)Nc2ccc(Sc3ccnc(N)c3)cc2)cc1. The molecule has 0 aliphatic rings. The van der Waals surface area contributed by atoms with Crippen LogP contribution in [0.2, 0.25) is 0 Å². The lowest BCUT2D eigenvalue weighted by atomic mass is 10.2. The molecule has 0 bridgehead atoms. The number of carbonyl (C=O) groups is 1. The van der Waals surface area contributed by atoms with Crippen LogP contribution in [0.4, 0.5) is 17.2 Å². The largest absolute Gasteiger partial charge is 0.399 e. The highest BCUT2D eigenvalue weighted by Crippen LogP contribution is 2.29. The summed E-state index contributed by atoms with van der Waals surface area (Å²) in [5, 5.41) is 2.86. The molecule has 2 aromatic carbocycles. The standard InChI is InChI=1S/C18H16N4OS.ClH/c19-13-3-1-12(2-4-13)18(23)22-14-5-7-15(8-6-14)24-16-9-10-21-17(20)11-16;/h1-11H,19H2,(H2,20,21)(H,22,23);1H. The van der Waals surface area contributed by atoms with E-state index < -0.39 is 0 Å². The number of halogens is 1. The summed E-state index contributed by atoms with van der Waals surface area (Å²) >= 11 is 1.58. The molecule has 0 fully saturated rings. The molecule has 0 aliphatic heterocycles. The molecule has 1 aromatic heterocycles. The second-order valence-electron chi connectivity index (χ2n) is 5.12. The van der Waals surface area contributed by atoms with Gasteiger partial charge < -0.3 is 16.8 Å². The van der Waals surface area contributed by atoms with Crippen molar-refractivity contribution in [3.63, 3.8) is 0 Å². The number of rotatable bonds is 4. The van der Waals surface area contributed by atoms with E-state index in [2.05, 4.69) is 10.3 Å². The van der Waals surface area contributed by atoms with Crippen molar-refractivity contribution in [1.29, 1.82) is 0 Å². The van der Waals surface area contributed by atoms with Gasteiger partial charge in [-0.05, 0) is 60.7 Å². The van der Waals surface area contributed by atoms with E-state index in [-0.39, 0.29) is 18.3 Å². The van der Waals surface area contributed by atoms with Crippen LogP contribution in [0.5, 0.6) is 0 Å². The molecule has 0 atom stereocenters. The molecule has 5 nitrogen and oxygen atoms in total. The van der Waals surface area contributed by atoms with Gasteiger partial charge in [0.1, 0.15) is 5.82 Å². The first-order chi connectivity index (χ1) is 11.6. The number of aromatic nitrogens is 1. The van der Waals surface area contributed by atoms with E-state index in [1.54, 1.807) is 42.2 Å². The predicted octanol–water partition coefficient (Wildman–Crippen LogP) is 4.07. The van der Waals surface area contributed by atoms with Crippen molar-refractivity contribution in [2.75, 3.05) is 16.8 Å². The van der Waals surface area contributed by atoms with Gasteiger partial charge in [-0.3, -0.25) is 4.79 Å². The number of nitrogen functional groups attached to an aromatic ring is 2. The molecule has 3 rings (SSSR count). The normalized spacial score (nSPS) is 9.92. The van der Waals surface area contributed by atoms with Crippen molar-refractivity contribution in [3.05, 3.63) is 72.4 Å². The Kier molecular flexibility index (Phi) is 6.27. The van der Waals surface area contributed by atoms with Gasteiger partial charge in [-0.25, -0.2) is 4.98 Å². The number of nitrogens with one attached hydrogen (secondary N) is 1. The summed E-state index contributed by atoms with van der Waals surface area (Å²) in [4.78, 5) is 18.2. The Morgan fingerprint density at radius 2 is 1.60 bits per heavy atom. The smallest absolute Gasteiger partial charge is 0.255 e. The van der Waals surface area contributed by atoms with E-state index in [1.807, 2.05) is 36.4 Å². The van der Waals surface area contributed by atoms with Crippen LogP contribution < -0.4 is 16.8 Å². The quantitative estimate of drug-likeness (QED) is 0.600.